The molecule has 66 valence electrons. The Bertz CT molecular complexity index is 119. The van der Waals surface area contributed by atoms with Gasteiger partial charge in [0.05, 0.1) is 22.4 Å². The number of rotatable bonds is 3. The minimum atomic E-state index is 0.430. The van der Waals surface area contributed by atoms with Gasteiger partial charge in [0.25, 0.3) is 0 Å². The largest absolute Gasteiger partial charge is 0.376 e. The van der Waals surface area contributed by atoms with Gasteiger partial charge in [0, 0.05) is 0 Å². The monoisotopic (exact) mass is 284 g/mol. The second kappa shape index (κ2) is 4.83. The number of unbranched alkanes of at least 4 members (excludes halogenated alkanes) is 1. The summed E-state index contributed by atoms with van der Waals surface area (Å²) in [6.45, 7) is 3.06. The first-order chi connectivity index (χ1) is 5.25. The number of ether oxygens (including phenoxy) is 1. The van der Waals surface area contributed by atoms with Crippen molar-refractivity contribution in [3.8, 4) is 0 Å². The molecule has 1 nitrogen and oxygen atoms in total. The van der Waals surface area contributed by atoms with Crippen LogP contribution in [-0.4, -0.2) is 22.4 Å². The quantitative estimate of drug-likeness (QED) is 0.724. The summed E-state index contributed by atoms with van der Waals surface area (Å²) in [6, 6.07) is 0. The summed E-state index contributed by atoms with van der Waals surface area (Å²) in [5, 5.41) is 0. The lowest BCUT2D eigenvalue weighted by molar-refractivity contribution is 0.105. The lowest BCUT2D eigenvalue weighted by Gasteiger charge is -2.12. The Morgan fingerprint density at radius 1 is 1.45 bits per heavy atom. The van der Waals surface area contributed by atoms with E-state index in [9.17, 15) is 0 Å². The molecule has 11 heavy (non-hydrogen) atoms. The van der Waals surface area contributed by atoms with Crippen LogP contribution in [-0.2, 0) is 4.74 Å². The van der Waals surface area contributed by atoms with E-state index in [1.165, 1.54) is 19.3 Å². The van der Waals surface area contributed by atoms with Crippen LogP contribution in [0.15, 0.2) is 0 Å². The fourth-order valence-corrected chi connectivity index (χ4v) is 2.34. The first-order valence-electron chi connectivity index (χ1n) is 4.15. The molecule has 0 N–H and O–H groups in total. The first kappa shape index (κ1) is 10.0. The van der Waals surface area contributed by atoms with Crippen LogP contribution < -0.4 is 0 Å². The van der Waals surface area contributed by atoms with Gasteiger partial charge in [-0.05, 0) is 6.42 Å². The Morgan fingerprint density at radius 2 is 2.18 bits per heavy atom. The van der Waals surface area contributed by atoms with E-state index in [4.69, 9.17) is 4.74 Å². The number of hydrogen-bond donors (Lipinski definition) is 0. The molecule has 0 aromatic rings. The van der Waals surface area contributed by atoms with E-state index >= 15 is 0 Å². The lowest BCUT2D eigenvalue weighted by Crippen LogP contribution is -2.19. The van der Waals surface area contributed by atoms with Crippen molar-refractivity contribution in [2.24, 2.45) is 0 Å². The molecule has 3 atom stereocenters. The predicted octanol–water partition coefficient (Wildman–Crippen LogP) is 3.10. The van der Waals surface area contributed by atoms with Gasteiger partial charge in [-0.15, -0.1) is 0 Å². The molecule has 0 saturated carbocycles. The molecule has 1 aliphatic heterocycles. The van der Waals surface area contributed by atoms with Crippen molar-refractivity contribution in [2.45, 2.75) is 41.9 Å². The Labute approximate surface area is 85.1 Å². The number of alkyl halides is 2. The minimum absolute atomic E-state index is 0.430. The van der Waals surface area contributed by atoms with Crippen LogP contribution in [0.5, 0.6) is 0 Å². The number of halogens is 2. The highest BCUT2D eigenvalue weighted by molar-refractivity contribution is 9.12. The van der Waals surface area contributed by atoms with Gasteiger partial charge in [0.2, 0.25) is 0 Å². The standard InChI is InChI=1S/C8H14Br2O/c1-2-3-4-7-8(10)6(9)5-11-7/h6-8H,2-5H2,1H3. The molecule has 1 rings (SSSR count). The highest BCUT2D eigenvalue weighted by atomic mass is 79.9. The molecule has 1 saturated heterocycles. The topological polar surface area (TPSA) is 9.23 Å². The zero-order chi connectivity index (χ0) is 8.27. The van der Waals surface area contributed by atoms with Gasteiger partial charge in [0.1, 0.15) is 0 Å². The van der Waals surface area contributed by atoms with E-state index in [1.54, 1.807) is 0 Å². The fraction of sp³-hybridized carbons (Fsp3) is 1.00. The summed E-state index contributed by atoms with van der Waals surface area (Å²) in [7, 11) is 0. The third-order valence-electron chi connectivity index (χ3n) is 2.01. The maximum Gasteiger partial charge on any atom is 0.0712 e. The molecule has 1 fully saturated rings. The van der Waals surface area contributed by atoms with Crippen LogP contribution >= 0.6 is 31.9 Å². The SMILES string of the molecule is CCCCC1OCC(Br)C1Br. The zero-order valence-corrected chi connectivity index (χ0v) is 9.90. The van der Waals surface area contributed by atoms with Crippen LogP contribution in [0.4, 0.5) is 0 Å². The van der Waals surface area contributed by atoms with Crippen LogP contribution in [0.3, 0.4) is 0 Å². The van der Waals surface area contributed by atoms with Gasteiger partial charge in [-0.25, -0.2) is 0 Å². The van der Waals surface area contributed by atoms with Gasteiger partial charge in [0.15, 0.2) is 0 Å². The van der Waals surface area contributed by atoms with Gasteiger partial charge in [-0.1, -0.05) is 51.6 Å². The smallest absolute Gasteiger partial charge is 0.0712 e. The zero-order valence-electron chi connectivity index (χ0n) is 6.72. The van der Waals surface area contributed by atoms with Crippen LogP contribution in [0, 0.1) is 0 Å². The summed E-state index contributed by atoms with van der Waals surface area (Å²) in [6.07, 6.45) is 4.15. The van der Waals surface area contributed by atoms with Gasteiger partial charge >= 0.3 is 0 Å². The molecule has 0 amide bonds. The highest BCUT2D eigenvalue weighted by Gasteiger charge is 2.32. The molecular formula is C8H14Br2O. The molecule has 0 aliphatic carbocycles. The van der Waals surface area contributed by atoms with E-state index in [2.05, 4.69) is 38.8 Å². The third-order valence-corrected chi connectivity index (χ3v) is 4.78. The fourth-order valence-electron chi connectivity index (χ4n) is 1.28. The Hall–Kier alpha value is 0.920. The second-order valence-corrected chi connectivity index (χ2v) is 5.21. The predicted molar refractivity (Wildman–Crippen MR) is 54.7 cm³/mol. The van der Waals surface area contributed by atoms with Crippen LogP contribution in [0.1, 0.15) is 26.2 Å². The first-order valence-corrected chi connectivity index (χ1v) is 5.98. The van der Waals surface area contributed by atoms with E-state index in [0.29, 0.717) is 15.8 Å². The minimum Gasteiger partial charge on any atom is -0.376 e. The van der Waals surface area contributed by atoms with Crippen molar-refractivity contribution in [3.05, 3.63) is 0 Å². The molecule has 0 spiro atoms. The second-order valence-electron chi connectivity index (χ2n) is 2.97. The summed E-state index contributed by atoms with van der Waals surface area (Å²) < 4.78 is 5.59. The van der Waals surface area contributed by atoms with E-state index in [-0.39, 0.29) is 0 Å². The summed E-state index contributed by atoms with van der Waals surface area (Å²) in [5.41, 5.74) is 0. The van der Waals surface area contributed by atoms with Crippen molar-refractivity contribution in [3.63, 3.8) is 0 Å². The summed E-state index contributed by atoms with van der Waals surface area (Å²) >= 11 is 7.19. The molecule has 3 unspecified atom stereocenters. The van der Waals surface area contributed by atoms with Crippen molar-refractivity contribution >= 4 is 31.9 Å². The van der Waals surface area contributed by atoms with Crippen molar-refractivity contribution in [1.29, 1.82) is 0 Å². The van der Waals surface area contributed by atoms with Crippen LogP contribution in [0.2, 0.25) is 0 Å². The Morgan fingerprint density at radius 3 is 2.64 bits per heavy atom. The molecular weight excluding hydrogens is 272 g/mol. The van der Waals surface area contributed by atoms with E-state index in [1.807, 2.05) is 0 Å². The Balaban J connectivity index is 2.24. The molecule has 1 heterocycles. The maximum absolute atomic E-state index is 5.59. The van der Waals surface area contributed by atoms with Crippen molar-refractivity contribution < 1.29 is 4.74 Å². The normalized spacial score (nSPS) is 37.9. The van der Waals surface area contributed by atoms with Gasteiger partial charge in [-0.2, -0.15) is 0 Å². The van der Waals surface area contributed by atoms with Gasteiger partial charge < -0.3 is 4.74 Å². The molecule has 1 aliphatic rings. The van der Waals surface area contributed by atoms with E-state index in [0.717, 1.165) is 6.61 Å². The average Bonchev–Trinajstić information content (AvgIpc) is 2.31. The van der Waals surface area contributed by atoms with Crippen molar-refractivity contribution in [2.75, 3.05) is 6.61 Å². The molecule has 0 aromatic carbocycles. The number of hydrogen-bond acceptors (Lipinski definition) is 1. The molecule has 0 radical (unpaired) electrons. The van der Waals surface area contributed by atoms with Crippen LogP contribution in [0.25, 0.3) is 0 Å². The molecule has 3 heteroatoms. The summed E-state index contributed by atoms with van der Waals surface area (Å²) in [4.78, 5) is 1.01. The lowest BCUT2D eigenvalue weighted by atomic mass is 10.1. The average molecular weight is 286 g/mol. The third kappa shape index (κ3) is 2.71. The highest BCUT2D eigenvalue weighted by Crippen LogP contribution is 2.29. The molecule has 0 aromatic heterocycles. The van der Waals surface area contributed by atoms with Crippen molar-refractivity contribution in [1.82, 2.24) is 0 Å². The van der Waals surface area contributed by atoms with E-state index < -0.39 is 0 Å². The Kier molecular flexibility index (Phi) is 4.39. The molecule has 0 bridgehead atoms. The van der Waals surface area contributed by atoms with Gasteiger partial charge in [-0.3, -0.25) is 0 Å². The summed E-state index contributed by atoms with van der Waals surface area (Å²) in [5.74, 6) is 0. The maximum atomic E-state index is 5.59.